The predicted octanol–water partition coefficient (Wildman–Crippen LogP) is 4.15. The van der Waals surface area contributed by atoms with Crippen molar-refractivity contribution < 1.29 is 23.7 Å². The van der Waals surface area contributed by atoms with Gasteiger partial charge in [-0.25, -0.2) is 0 Å². The molecule has 0 aliphatic rings. The monoisotopic (exact) mass is 332 g/mol. The Morgan fingerprint density at radius 3 is 1.75 bits per heavy atom. The van der Waals surface area contributed by atoms with Gasteiger partial charge in [0.1, 0.15) is 17.2 Å². The number of benzene rings is 2. The lowest BCUT2D eigenvalue weighted by Crippen LogP contribution is -1.94. The zero-order valence-electron chi connectivity index (χ0n) is 14.3. The van der Waals surface area contributed by atoms with Crippen molar-refractivity contribution in [2.24, 2.45) is 10.2 Å². The van der Waals surface area contributed by atoms with E-state index in [1.54, 1.807) is 65.9 Å². The molecule has 2 aromatic rings. The number of methoxy groups -OCH3 is 5. The Morgan fingerprint density at radius 2 is 1.25 bits per heavy atom. The number of nitrogens with zero attached hydrogens (tertiary/aromatic N) is 2. The van der Waals surface area contributed by atoms with Gasteiger partial charge in [0.05, 0.1) is 41.2 Å². The average molecular weight is 332 g/mol. The molecule has 2 rings (SSSR count). The minimum Gasteiger partial charge on any atom is -0.497 e. The Kier molecular flexibility index (Phi) is 5.83. The molecular weight excluding hydrogens is 312 g/mol. The molecule has 128 valence electrons. The Morgan fingerprint density at radius 1 is 0.625 bits per heavy atom. The molecule has 0 unspecified atom stereocenters. The van der Waals surface area contributed by atoms with Crippen molar-refractivity contribution in [3.05, 3.63) is 30.3 Å². The van der Waals surface area contributed by atoms with E-state index in [0.29, 0.717) is 40.1 Å². The maximum Gasteiger partial charge on any atom is 0.203 e. The van der Waals surface area contributed by atoms with Gasteiger partial charge >= 0.3 is 0 Å². The van der Waals surface area contributed by atoms with Crippen LogP contribution in [0.2, 0.25) is 0 Å². The SMILES string of the molecule is COc1ccc(/N=N/c2cc(OC)c(OC)c(OC)c2)c(OC)c1. The lowest BCUT2D eigenvalue weighted by atomic mass is 10.2. The zero-order chi connectivity index (χ0) is 17.5. The van der Waals surface area contributed by atoms with Gasteiger partial charge in [-0.2, -0.15) is 5.11 Å². The van der Waals surface area contributed by atoms with E-state index in [-0.39, 0.29) is 0 Å². The van der Waals surface area contributed by atoms with E-state index in [1.807, 2.05) is 0 Å². The molecule has 0 aliphatic heterocycles. The van der Waals surface area contributed by atoms with Crippen LogP contribution < -0.4 is 23.7 Å². The smallest absolute Gasteiger partial charge is 0.203 e. The summed E-state index contributed by atoms with van der Waals surface area (Å²) >= 11 is 0. The van der Waals surface area contributed by atoms with Gasteiger partial charge in [-0.05, 0) is 12.1 Å². The van der Waals surface area contributed by atoms with E-state index < -0.39 is 0 Å². The lowest BCUT2D eigenvalue weighted by molar-refractivity contribution is 0.324. The van der Waals surface area contributed by atoms with Gasteiger partial charge in [-0.3, -0.25) is 0 Å². The first-order valence-electron chi connectivity index (χ1n) is 7.10. The van der Waals surface area contributed by atoms with Gasteiger partial charge in [-0.15, -0.1) is 5.11 Å². The fourth-order valence-corrected chi connectivity index (χ4v) is 2.10. The Balaban J connectivity index is 2.38. The van der Waals surface area contributed by atoms with Gasteiger partial charge < -0.3 is 23.7 Å². The van der Waals surface area contributed by atoms with E-state index in [1.165, 1.54) is 0 Å². The number of hydrogen-bond donors (Lipinski definition) is 0. The third kappa shape index (κ3) is 3.68. The molecule has 7 heteroatoms. The summed E-state index contributed by atoms with van der Waals surface area (Å²) in [5, 5.41) is 8.44. The fraction of sp³-hybridized carbons (Fsp3) is 0.294. The summed E-state index contributed by atoms with van der Waals surface area (Å²) in [5.74, 6) is 2.75. The molecule has 0 saturated heterocycles. The molecule has 0 aliphatic carbocycles. The van der Waals surface area contributed by atoms with Crippen molar-refractivity contribution in [3.8, 4) is 28.7 Å². The van der Waals surface area contributed by atoms with Crippen LogP contribution >= 0.6 is 0 Å². The van der Waals surface area contributed by atoms with E-state index >= 15 is 0 Å². The first kappa shape index (κ1) is 17.4. The van der Waals surface area contributed by atoms with Crippen molar-refractivity contribution in [1.82, 2.24) is 0 Å². The van der Waals surface area contributed by atoms with Crippen molar-refractivity contribution in [1.29, 1.82) is 0 Å². The zero-order valence-corrected chi connectivity index (χ0v) is 14.3. The molecule has 7 nitrogen and oxygen atoms in total. The molecule has 0 saturated carbocycles. The average Bonchev–Trinajstić information content (AvgIpc) is 2.64. The van der Waals surface area contributed by atoms with E-state index in [4.69, 9.17) is 23.7 Å². The molecule has 0 atom stereocenters. The van der Waals surface area contributed by atoms with Crippen LogP contribution in [0.3, 0.4) is 0 Å². The Labute approximate surface area is 140 Å². The van der Waals surface area contributed by atoms with Crippen LogP contribution in [0.5, 0.6) is 28.7 Å². The number of rotatable bonds is 7. The predicted molar refractivity (Wildman–Crippen MR) is 89.8 cm³/mol. The van der Waals surface area contributed by atoms with Gasteiger partial charge in [0.25, 0.3) is 0 Å². The third-order valence-electron chi connectivity index (χ3n) is 3.31. The largest absolute Gasteiger partial charge is 0.497 e. The number of azo groups is 1. The summed E-state index contributed by atoms with van der Waals surface area (Å²) in [7, 11) is 7.79. The molecular formula is C17H20N2O5. The van der Waals surface area contributed by atoms with Crippen LogP contribution in [0.25, 0.3) is 0 Å². The van der Waals surface area contributed by atoms with Crippen LogP contribution in [0.1, 0.15) is 0 Å². The first-order chi connectivity index (χ1) is 11.7. The molecule has 2 aromatic carbocycles. The highest BCUT2D eigenvalue weighted by atomic mass is 16.5. The van der Waals surface area contributed by atoms with Crippen molar-refractivity contribution in [2.75, 3.05) is 35.5 Å². The first-order valence-corrected chi connectivity index (χ1v) is 7.10. The molecule has 0 N–H and O–H groups in total. The lowest BCUT2D eigenvalue weighted by Gasteiger charge is -2.12. The summed E-state index contributed by atoms with van der Waals surface area (Å²) in [6, 6.07) is 8.70. The maximum absolute atomic E-state index is 5.30. The van der Waals surface area contributed by atoms with Crippen molar-refractivity contribution >= 4 is 11.4 Å². The molecule has 0 heterocycles. The van der Waals surface area contributed by atoms with E-state index in [9.17, 15) is 0 Å². The minimum atomic E-state index is 0.501. The molecule has 0 bridgehead atoms. The quantitative estimate of drug-likeness (QED) is 0.712. The topological polar surface area (TPSA) is 70.9 Å². The van der Waals surface area contributed by atoms with Crippen LogP contribution in [0, 0.1) is 0 Å². The van der Waals surface area contributed by atoms with E-state index in [0.717, 1.165) is 0 Å². The number of hydrogen-bond acceptors (Lipinski definition) is 7. The molecule has 24 heavy (non-hydrogen) atoms. The normalized spacial score (nSPS) is 10.5. The highest BCUT2D eigenvalue weighted by Gasteiger charge is 2.13. The van der Waals surface area contributed by atoms with Crippen LogP contribution in [-0.4, -0.2) is 35.5 Å². The highest BCUT2D eigenvalue weighted by Crippen LogP contribution is 2.41. The van der Waals surface area contributed by atoms with Gasteiger partial charge in [0, 0.05) is 18.2 Å². The maximum atomic E-state index is 5.30. The standard InChI is InChI=1S/C17H20N2O5/c1-20-12-6-7-13(14(10-12)21-2)19-18-11-8-15(22-3)17(24-5)16(9-11)23-4/h6-10H,1-5H3/b19-18+. The minimum absolute atomic E-state index is 0.501. The Bertz CT molecular complexity index is 706. The summed E-state index contributed by atoms with van der Waals surface area (Å²) in [6.07, 6.45) is 0. The molecule has 0 radical (unpaired) electrons. The van der Waals surface area contributed by atoms with E-state index in [2.05, 4.69) is 10.2 Å². The fourth-order valence-electron chi connectivity index (χ4n) is 2.10. The van der Waals surface area contributed by atoms with Gasteiger partial charge in [0.15, 0.2) is 11.5 Å². The highest BCUT2D eigenvalue weighted by molar-refractivity contribution is 5.61. The second-order valence-corrected chi connectivity index (χ2v) is 4.62. The summed E-state index contributed by atoms with van der Waals surface area (Å²) in [4.78, 5) is 0. The van der Waals surface area contributed by atoms with Gasteiger partial charge in [0.2, 0.25) is 5.75 Å². The molecule has 0 amide bonds. The molecule has 0 spiro atoms. The third-order valence-corrected chi connectivity index (χ3v) is 3.31. The summed E-state index contributed by atoms with van der Waals surface area (Å²) in [5.41, 5.74) is 1.13. The van der Waals surface area contributed by atoms with Crippen LogP contribution in [-0.2, 0) is 0 Å². The molecule has 0 aromatic heterocycles. The summed E-state index contributed by atoms with van der Waals surface area (Å²) < 4.78 is 26.3. The second kappa shape index (κ2) is 8.05. The molecule has 0 fully saturated rings. The Hall–Kier alpha value is -2.96. The van der Waals surface area contributed by atoms with Crippen molar-refractivity contribution in [2.45, 2.75) is 0 Å². The number of ether oxygens (including phenoxy) is 5. The van der Waals surface area contributed by atoms with Crippen LogP contribution in [0.4, 0.5) is 11.4 Å². The second-order valence-electron chi connectivity index (χ2n) is 4.62. The summed E-state index contributed by atoms with van der Waals surface area (Å²) in [6.45, 7) is 0. The van der Waals surface area contributed by atoms with Crippen molar-refractivity contribution in [3.63, 3.8) is 0 Å². The van der Waals surface area contributed by atoms with Crippen LogP contribution in [0.15, 0.2) is 40.6 Å². The van der Waals surface area contributed by atoms with Gasteiger partial charge in [-0.1, -0.05) is 0 Å².